The van der Waals surface area contributed by atoms with Gasteiger partial charge in [-0.25, -0.2) is 9.07 Å². The topological polar surface area (TPSA) is 74.0 Å². The summed E-state index contributed by atoms with van der Waals surface area (Å²) in [6.45, 7) is 3.58. The molecule has 2 aromatic heterocycles. The molecule has 190 valence electrons. The molecule has 3 heterocycles. The number of hydrogen-bond acceptors (Lipinski definition) is 5. The lowest BCUT2D eigenvalue weighted by molar-refractivity contribution is 0.0320. The third-order valence-corrected chi connectivity index (χ3v) is 6.67. The molecule has 0 saturated carbocycles. The van der Waals surface area contributed by atoms with Gasteiger partial charge >= 0.3 is 0 Å². The number of aryl methyl sites for hydroxylation is 1. The summed E-state index contributed by atoms with van der Waals surface area (Å²) in [5.41, 5.74) is 5.27. The summed E-state index contributed by atoms with van der Waals surface area (Å²) in [7, 11) is 0. The van der Waals surface area contributed by atoms with Gasteiger partial charge in [0, 0.05) is 18.2 Å². The Kier molecular flexibility index (Phi) is 6.31. The minimum Gasteiger partial charge on any atom is -0.370 e. The fourth-order valence-corrected chi connectivity index (χ4v) is 4.71. The minimum atomic E-state index is -0.321. The van der Waals surface area contributed by atoms with Crippen LogP contribution in [-0.2, 0) is 17.9 Å². The molecule has 6 rings (SSSR count). The van der Waals surface area contributed by atoms with Gasteiger partial charge in [0.1, 0.15) is 17.3 Å². The van der Waals surface area contributed by atoms with E-state index in [1.807, 2.05) is 66.2 Å². The van der Waals surface area contributed by atoms with Crippen LogP contribution >= 0.6 is 0 Å². The van der Waals surface area contributed by atoms with Crippen molar-refractivity contribution < 1.29 is 9.13 Å². The quantitative estimate of drug-likeness (QED) is 0.341. The molecule has 0 amide bonds. The third kappa shape index (κ3) is 4.62. The highest BCUT2D eigenvalue weighted by atomic mass is 19.1. The fraction of sp³-hybridized carbons (Fsp3) is 0.167. The zero-order valence-corrected chi connectivity index (χ0v) is 20.8. The Morgan fingerprint density at radius 3 is 2.50 bits per heavy atom. The van der Waals surface area contributed by atoms with Crippen LogP contribution in [-0.4, -0.2) is 32.2 Å². The lowest BCUT2D eigenvalue weighted by Gasteiger charge is -2.26. The van der Waals surface area contributed by atoms with E-state index in [1.54, 1.807) is 18.2 Å². The van der Waals surface area contributed by atoms with Gasteiger partial charge in [0.15, 0.2) is 0 Å². The van der Waals surface area contributed by atoms with Crippen molar-refractivity contribution in [3.63, 3.8) is 0 Å². The molecule has 1 atom stereocenters. The van der Waals surface area contributed by atoms with Crippen LogP contribution < -0.4 is 10.9 Å². The SMILES string of the molecule is Cc1ccccc1-n1nc(-c2c(-c3ccc(F)cc3)nn3c2NC[C@@H](OCc2ccccc2)C3)ccc1=O. The average molecular weight is 508 g/mol. The van der Waals surface area contributed by atoms with Gasteiger partial charge in [-0.15, -0.1) is 0 Å². The first-order valence-corrected chi connectivity index (χ1v) is 12.5. The van der Waals surface area contributed by atoms with E-state index < -0.39 is 0 Å². The normalized spacial score (nSPS) is 14.6. The maximum atomic E-state index is 13.7. The van der Waals surface area contributed by atoms with E-state index in [0.717, 1.165) is 28.1 Å². The molecule has 0 fully saturated rings. The fourth-order valence-electron chi connectivity index (χ4n) is 4.71. The lowest BCUT2D eigenvalue weighted by atomic mass is 10.0. The molecule has 8 heteroatoms. The van der Waals surface area contributed by atoms with Gasteiger partial charge in [0.2, 0.25) is 0 Å². The van der Waals surface area contributed by atoms with Crippen LogP contribution in [0.5, 0.6) is 0 Å². The second kappa shape index (κ2) is 10.1. The van der Waals surface area contributed by atoms with E-state index in [0.29, 0.717) is 36.8 Å². The summed E-state index contributed by atoms with van der Waals surface area (Å²) >= 11 is 0. The van der Waals surface area contributed by atoms with Gasteiger partial charge in [-0.05, 0) is 54.4 Å². The van der Waals surface area contributed by atoms with Gasteiger partial charge in [-0.1, -0.05) is 48.5 Å². The van der Waals surface area contributed by atoms with Crippen LogP contribution in [0.4, 0.5) is 10.2 Å². The monoisotopic (exact) mass is 507 g/mol. The Balaban J connectivity index is 1.41. The van der Waals surface area contributed by atoms with Crippen LogP contribution in [0, 0.1) is 12.7 Å². The van der Waals surface area contributed by atoms with Gasteiger partial charge in [-0.3, -0.25) is 4.79 Å². The van der Waals surface area contributed by atoms with E-state index >= 15 is 0 Å². The van der Waals surface area contributed by atoms with Crippen molar-refractivity contribution in [2.24, 2.45) is 0 Å². The number of halogens is 1. The number of fused-ring (bicyclic) bond motifs is 1. The molecule has 7 nitrogen and oxygen atoms in total. The molecule has 1 aliphatic rings. The highest BCUT2D eigenvalue weighted by Crippen LogP contribution is 2.38. The zero-order chi connectivity index (χ0) is 26.1. The molecule has 5 aromatic rings. The van der Waals surface area contributed by atoms with Crippen LogP contribution in [0.1, 0.15) is 11.1 Å². The van der Waals surface area contributed by atoms with Crippen molar-refractivity contribution in [1.29, 1.82) is 0 Å². The Bertz CT molecular complexity index is 1640. The second-order valence-corrected chi connectivity index (χ2v) is 9.32. The number of nitrogens with zero attached hydrogens (tertiary/aromatic N) is 4. The predicted octanol–water partition coefficient (Wildman–Crippen LogP) is 5.22. The Hall–Kier alpha value is -4.56. The Morgan fingerprint density at radius 2 is 1.71 bits per heavy atom. The minimum absolute atomic E-state index is 0.0922. The lowest BCUT2D eigenvalue weighted by Crippen LogP contribution is -2.34. The van der Waals surface area contributed by atoms with Crippen molar-refractivity contribution in [3.8, 4) is 28.2 Å². The van der Waals surface area contributed by atoms with E-state index in [1.165, 1.54) is 22.9 Å². The summed E-state index contributed by atoms with van der Waals surface area (Å²) in [5, 5.41) is 13.1. The highest BCUT2D eigenvalue weighted by Gasteiger charge is 2.28. The number of para-hydroxylation sites is 1. The number of benzene rings is 3. The molecule has 0 radical (unpaired) electrons. The van der Waals surface area contributed by atoms with Crippen molar-refractivity contribution in [2.75, 3.05) is 11.9 Å². The smallest absolute Gasteiger partial charge is 0.271 e. The summed E-state index contributed by atoms with van der Waals surface area (Å²) < 4.78 is 23.2. The summed E-state index contributed by atoms with van der Waals surface area (Å²) in [6.07, 6.45) is -0.0922. The van der Waals surface area contributed by atoms with E-state index in [9.17, 15) is 9.18 Å². The van der Waals surface area contributed by atoms with E-state index in [4.69, 9.17) is 14.9 Å². The van der Waals surface area contributed by atoms with Crippen molar-refractivity contribution in [1.82, 2.24) is 19.6 Å². The molecule has 0 saturated heterocycles. The van der Waals surface area contributed by atoms with Crippen LogP contribution in [0.25, 0.3) is 28.2 Å². The Labute approximate surface area is 219 Å². The van der Waals surface area contributed by atoms with Crippen LogP contribution in [0.3, 0.4) is 0 Å². The molecule has 3 aromatic carbocycles. The van der Waals surface area contributed by atoms with Crippen molar-refractivity contribution >= 4 is 5.82 Å². The molecule has 1 aliphatic heterocycles. The number of aromatic nitrogens is 4. The standard InChI is InChI=1S/C30H26FN5O2/c1-20-7-5-6-10-26(20)36-27(37)16-15-25(33-36)28-29(22-11-13-23(31)14-12-22)34-35-18-24(17-32-30(28)35)38-19-21-8-3-2-4-9-21/h2-16,24,32H,17-19H2,1H3/t24-/m1/s1. The van der Waals surface area contributed by atoms with Crippen LogP contribution in [0.2, 0.25) is 0 Å². The van der Waals surface area contributed by atoms with Gasteiger partial charge in [-0.2, -0.15) is 14.9 Å². The van der Waals surface area contributed by atoms with Gasteiger partial charge < -0.3 is 10.1 Å². The molecule has 0 aliphatic carbocycles. The first-order chi connectivity index (χ1) is 18.6. The Morgan fingerprint density at radius 1 is 0.947 bits per heavy atom. The summed E-state index contributed by atoms with van der Waals surface area (Å²) in [6, 6.07) is 27.1. The third-order valence-electron chi connectivity index (χ3n) is 6.67. The van der Waals surface area contributed by atoms with E-state index in [-0.39, 0.29) is 17.5 Å². The number of anilines is 1. The number of rotatable bonds is 6. The highest BCUT2D eigenvalue weighted by molar-refractivity contribution is 5.87. The van der Waals surface area contributed by atoms with Crippen LogP contribution in [0.15, 0.2) is 95.8 Å². The number of ether oxygens (including phenoxy) is 1. The molecule has 0 spiro atoms. The predicted molar refractivity (Wildman–Crippen MR) is 145 cm³/mol. The molecule has 38 heavy (non-hydrogen) atoms. The number of nitrogens with one attached hydrogen (secondary N) is 1. The molecule has 0 unspecified atom stereocenters. The zero-order valence-electron chi connectivity index (χ0n) is 20.8. The average Bonchev–Trinajstić information content (AvgIpc) is 3.32. The number of hydrogen-bond donors (Lipinski definition) is 1. The van der Waals surface area contributed by atoms with Crippen molar-refractivity contribution in [2.45, 2.75) is 26.2 Å². The molecule has 1 N–H and O–H groups in total. The largest absolute Gasteiger partial charge is 0.370 e. The maximum Gasteiger partial charge on any atom is 0.271 e. The van der Waals surface area contributed by atoms with E-state index in [2.05, 4.69) is 5.32 Å². The molecular weight excluding hydrogens is 481 g/mol. The molecule has 0 bridgehead atoms. The van der Waals surface area contributed by atoms with Gasteiger partial charge in [0.25, 0.3) is 5.56 Å². The molecular formula is C30H26FN5O2. The second-order valence-electron chi connectivity index (χ2n) is 9.32. The maximum absolute atomic E-state index is 13.7. The summed E-state index contributed by atoms with van der Waals surface area (Å²) in [4.78, 5) is 12.8. The first-order valence-electron chi connectivity index (χ1n) is 12.5. The summed E-state index contributed by atoms with van der Waals surface area (Å²) in [5.74, 6) is 0.462. The first kappa shape index (κ1) is 23.8. The van der Waals surface area contributed by atoms with Crippen molar-refractivity contribution in [3.05, 3.63) is 118 Å². The van der Waals surface area contributed by atoms with Gasteiger partial charge in [0.05, 0.1) is 36.2 Å².